The summed E-state index contributed by atoms with van der Waals surface area (Å²) in [5.74, 6) is 0.642. The van der Waals surface area contributed by atoms with Crippen LogP contribution in [0.4, 0.5) is 0 Å². The van der Waals surface area contributed by atoms with Gasteiger partial charge in [-0.1, -0.05) is 25.5 Å². The van der Waals surface area contributed by atoms with E-state index in [0.29, 0.717) is 5.92 Å². The lowest BCUT2D eigenvalue weighted by Crippen LogP contribution is -2.01. The molecular formula is C9H12O. The summed E-state index contributed by atoms with van der Waals surface area (Å²) in [7, 11) is 0. The van der Waals surface area contributed by atoms with Crippen molar-refractivity contribution >= 4 is 5.78 Å². The van der Waals surface area contributed by atoms with Gasteiger partial charge in [0, 0.05) is 0 Å². The van der Waals surface area contributed by atoms with Crippen LogP contribution >= 0.6 is 0 Å². The van der Waals surface area contributed by atoms with Crippen molar-refractivity contribution in [1.29, 1.82) is 0 Å². The first-order chi connectivity index (χ1) is 4.70. The molecular weight excluding hydrogens is 124 g/mol. The summed E-state index contributed by atoms with van der Waals surface area (Å²) in [5, 5.41) is 0. The third kappa shape index (κ3) is 1.56. The quantitative estimate of drug-likeness (QED) is 0.539. The molecule has 0 aromatic carbocycles. The highest BCUT2D eigenvalue weighted by atomic mass is 16.1. The predicted molar refractivity (Wildman–Crippen MR) is 41.7 cm³/mol. The fourth-order valence-corrected chi connectivity index (χ4v) is 1.00. The van der Waals surface area contributed by atoms with Crippen LogP contribution in [0.2, 0.25) is 0 Å². The summed E-state index contributed by atoms with van der Waals surface area (Å²) in [5.41, 5.74) is 1.24. The molecule has 0 heterocycles. The largest absolute Gasteiger partial charge is 0.290 e. The number of rotatable bonds is 1. The van der Waals surface area contributed by atoms with Gasteiger partial charge in [-0.25, -0.2) is 0 Å². The van der Waals surface area contributed by atoms with E-state index in [0.717, 1.165) is 6.42 Å². The van der Waals surface area contributed by atoms with E-state index >= 15 is 0 Å². The maximum absolute atomic E-state index is 10.8. The van der Waals surface area contributed by atoms with Crippen LogP contribution in [0.25, 0.3) is 0 Å². The van der Waals surface area contributed by atoms with Crippen LogP contribution in [0.5, 0.6) is 0 Å². The minimum atomic E-state index is 0.134. The first-order valence-corrected chi connectivity index (χ1v) is 3.61. The summed E-state index contributed by atoms with van der Waals surface area (Å²) in [6.07, 6.45) is 6.25. The van der Waals surface area contributed by atoms with Gasteiger partial charge in [-0.3, -0.25) is 4.79 Å². The summed E-state index contributed by atoms with van der Waals surface area (Å²) < 4.78 is 0. The lowest BCUT2D eigenvalue weighted by molar-refractivity contribution is -0.110. The molecule has 1 aliphatic rings. The molecule has 0 unspecified atom stereocenters. The van der Waals surface area contributed by atoms with Crippen molar-refractivity contribution in [2.24, 2.45) is 5.92 Å². The Hall–Kier alpha value is -0.850. The molecule has 0 saturated carbocycles. The average Bonchev–Trinajstić information content (AvgIpc) is 1.88. The van der Waals surface area contributed by atoms with Gasteiger partial charge in [0.2, 0.25) is 0 Å². The van der Waals surface area contributed by atoms with Crippen molar-refractivity contribution in [3.63, 3.8) is 0 Å². The summed E-state index contributed by atoms with van der Waals surface area (Å²) >= 11 is 0. The minimum Gasteiger partial charge on any atom is -0.290 e. The molecule has 1 nitrogen and oxygen atoms in total. The second-order valence-corrected chi connectivity index (χ2v) is 2.88. The zero-order chi connectivity index (χ0) is 7.56. The Kier molecular flexibility index (Phi) is 2.05. The maximum atomic E-state index is 10.8. The van der Waals surface area contributed by atoms with Gasteiger partial charge >= 0.3 is 0 Å². The van der Waals surface area contributed by atoms with Gasteiger partial charge in [0.05, 0.1) is 0 Å². The lowest BCUT2D eigenvalue weighted by Gasteiger charge is -2.10. The molecule has 0 radical (unpaired) electrons. The van der Waals surface area contributed by atoms with Gasteiger partial charge in [0.1, 0.15) is 0 Å². The van der Waals surface area contributed by atoms with E-state index in [-0.39, 0.29) is 5.78 Å². The van der Waals surface area contributed by atoms with Crippen molar-refractivity contribution in [3.05, 3.63) is 23.8 Å². The van der Waals surface area contributed by atoms with Gasteiger partial charge in [-0.2, -0.15) is 0 Å². The van der Waals surface area contributed by atoms with Gasteiger partial charge in [-0.05, 0) is 24.5 Å². The molecule has 0 bridgehead atoms. The Morgan fingerprint density at radius 2 is 2.20 bits per heavy atom. The third-order valence-corrected chi connectivity index (χ3v) is 1.70. The Balaban J connectivity index is 2.71. The van der Waals surface area contributed by atoms with E-state index in [1.165, 1.54) is 5.57 Å². The summed E-state index contributed by atoms with van der Waals surface area (Å²) in [6, 6.07) is 0. The van der Waals surface area contributed by atoms with E-state index in [2.05, 4.69) is 13.8 Å². The Morgan fingerprint density at radius 1 is 1.50 bits per heavy atom. The van der Waals surface area contributed by atoms with E-state index in [9.17, 15) is 4.79 Å². The molecule has 1 heteroatoms. The first-order valence-electron chi connectivity index (χ1n) is 3.61. The standard InChI is InChI=1S/C9H12O/c1-7(2)8-4-3-5-9(10)6-8/h3,5-7H,4H2,1-2H3. The van der Waals surface area contributed by atoms with Crippen LogP contribution in [-0.4, -0.2) is 5.78 Å². The van der Waals surface area contributed by atoms with Crippen molar-refractivity contribution in [2.45, 2.75) is 20.3 Å². The van der Waals surface area contributed by atoms with Gasteiger partial charge < -0.3 is 0 Å². The highest BCUT2D eigenvalue weighted by Crippen LogP contribution is 2.17. The Labute approximate surface area is 61.4 Å². The highest BCUT2D eigenvalue weighted by molar-refractivity contribution is 6.00. The number of hydrogen-bond acceptors (Lipinski definition) is 1. The average molecular weight is 136 g/mol. The molecule has 1 aliphatic carbocycles. The molecule has 10 heavy (non-hydrogen) atoms. The number of ketones is 1. The van der Waals surface area contributed by atoms with E-state index in [1.54, 1.807) is 12.2 Å². The van der Waals surface area contributed by atoms with E-state index < -0.39 is 0 Å². The maximum Gasteiger partial charge on any atom is 0.178 e. The predicted octanol–water partition coefficient (Wildman–Crippen LogP) is 2.10. The highest BCUT2D eigenvalue weighted by Gasteiger charge is 2.06. The van der Waals surface area contributed by atoms with Gasteiger partial charge in [0.15, 0.2) is 5.78 Å². The SMILES string of the molecule is CC(C)C1=CC(=O)C=CC1. The molecule has 1 rings (SSSR count). The van der Waals surface area contributed by atoms with Crippen molar-refractivity contribution < 1.29 is 4.79 Å². The molecule has 0 aromatic heterocycles. The van der Waals surface area contributed by atoms with Gasteiger partial charge in [-0.15, -0.1) is 0 Å². The molecule has 0 aromatic rings. The van der Waals surface area contributed by atoms with Crippen molar-refractivity contribution in [1.82, 2.24) is 0 Å². The number of carbonyl (C=O) groups excluding carboxylic acids is 1. The van der Waals surface area contributed by atoms with Crippen LogP contribution in [-0.2, 0) is 4.79 Å². The smallest absolute Gasteiger partial charge is 0.178 e. The van der Waals surface area contributed by atoms with Gasteiger partial charge in [0.25, 0.3) is 0 Å². The van der Waals surface area contributed by atoms with Crippen LogP contribution in [0.15, 0.2) is 23.8 Å². The fraction of sp³-hybridized carbons (Fsp3) is 0.444. The monoisotopic (exact) mass is 136 g/mol. The molecule has 0 N–H and O–H groups in total. The second kappa shape index (κ2) is 2.82. The molecule has 54 valence electrons. The van der Waals surface area contributed by atoms with Crippen LogP contribution in [0.1, 0.15) is 20.3 Å². The molecule has 0 spiro atoms. The molecule has 0 aliphatic heterocycles. The lowest BCUT2D eigenvalue weighted by atomic mass is 9.95. The molecule has 0 atom stereocenters. The molecule has 0 saturated heterocycles. The first kappa shape index (κ1) is 7.26. The second-order valence-electron chi connectivity index (χ2n) is 2.88. The van der Waals surface area contributed by atoms with Crippen LogP contribution in [0, 0.1) is 5.92 Å². The molecule has 0 fully saturated rings. The van der Waals surface area contributed by atoms with E-state index in [1.807, 2.05) is 6.08 Å². The summed E-state index contributed by atoms with van der Waals surface area (Å²) in [4.78, 5) is 10.8. The summed E-state index contributed by atoms with van der Waals surface area (Å²) in [6.45, 7) is 4.22. The topological polar surface area (TPSA) is 17.1 Å². The fourth-order valence-electron chi connectivity index (χ4n) is 1.00. The normalized spacial score (nSPS) is 17.9. The minimum absolute atomic E-state index is 0.134. The Bertz CT molecular complexity index is 197. The number of hydrogen-bond donors (Lipinski definition) is 0. The zero-order valence-electron chi connectivity index (χ0n) is 6.42. The third-order valence-electron chi connectivity index (χ3n) is 1.70. The molecule has 0 amide bonds. The number of carbonyl (C=O) groups is 1. The number of allylic oxidation sites excluding steroid dienone is 4. The van der Waals surface area contributed by atoms with Crippen molar-refractivity contribution in [3.8, 4) is 0 Å². The van der Waals surface area contributed by atoms with E-state index in [4.69, 9.17) is 0 Å². The van der Waals surface area contributed by atoms with Crippen molar-refractivity contribution in [2.75, 3.05) is 0 Å². The van der Waals surface area contributed by atoms with Crippen LogP contribution < -0.4 is 0 Å². The zero-order valence-corrected chi connectivity index (χ0v) is 6.42. The van der Waals surface area contributed by atoms with Crippen LogP contribution in [0.3, 0.4) is 0 Å². The Morgan fingerprint density at radius 3 is 2.60 bits per heavy atom.